The van der Waals surface area contributed by atoms with Crippen molar-refractivity contribution in [3.05, 3.63) is 64.8 Å². The van der Waals surface area contributed by atoms with Crippen LogP contribution in [-0.4, -0.2) is 16.7 Å². The first kappa shape index (κ1) is 15.6. The second-order valence-electron chi connectivity index (χ2n) is 5.24. The maximum absolute atomic E-state index is 5.29. The van der Waals surface area contributed by atoms with E-state index in [1.54, 1.807) is 7.11 Å². The van der Waals surface area contributed by atoms with Crippen molar-refractivity contribution in [1.29, 1.82) is 0 Å². The van der Waals surface area contributed by atoms with Gasteiger partial charge in [0.15, 0.2) is 0 Å². The number of halogens is 1. The molecular weight excluding hydrogens is 354 g/mol. The smallest absolute Gasteiger partial charge is 0.203 e. The van der Waals surface area contributed by atoms with Crippen molar-refractivity contribution in [3.8, 4) is 17.0 Å². The summed E-state index contributed by atoms with van der Waals surface area (Å²) in [6.45, 7) is 0.724. The molecule has 23 heavy (non-hydrogen) atoms. The first-order valence-corrected chi connectivity index (χ1v) is 8.11. The topological polar surface area (TPSA) is 39.1 Å². The number of rotatable bonds is 5. The van der Waals surface area contributed by atoms with Crippen LogP contribution in [0.3, 0.4) is 0 Å². The predicted molar refractivity (Wildman–Crippen MR) is 96.7 cm³/mol. The number of hydrogen-bond donors (Lipinski definition) is 1. The van der Waals surface area contributed by atoms with E-state index in [1.807, 2.05) is 48.1 Å². The van der Waals surface area contributed by atoms with E-state index in [9.17, 15) is 0 Å². The van der Waals surface area contributed by atoms with E-state index in [1.165, 1.54) is 5.56 Å². The molecule has 1 heterocycles. The Bertz CT molecular complexity index is 814. The molecule has 0 saturated heterocycles. The lowest BCUT2D eigenvalue weighted by Gasteiger charge is -2.09. The van der Waals surface area contributed by atoms with Gasteiger partial charge in [-0.05, 0) is 29.8 Å². The minimum absolute atomic E-state index is 0.724. The zero-order chi connectivity index (χ0) is 16.2. The van der Waals surface area contributed by atoms with Crippen LogP contribution < -0.4 is 10.1 Å². The highest BCUT2D eigenvalue weighted by molar-refractivity contribution is 9.10. The number of ether oxygens (including phenoxy) is 1. The quantitative estimate of drug-likeness (QED) is 0.718. The Morgan fingerprint density at radius 1 is 1.17 bits per heavy atom. The molecule has 0 aliphatic heterocycles. The normalized spacial score (nSPS) is 10.6. The predicted octanol–water partition coefficient (Wildman–Crippen LogP) is 4.47. The van der Waals surface area contributed by atoms with E-state index in [4.69, 9.17) is 4.74 Å². The van der Waals surface area contributed by atoms with E-state index in [0.717, 1.165) is 34.0 Å². The fraction of sp³-hybridized carbons (Fsp3) is 0.167. The summed E-state index contributed by atoms with van der Waals surface area (Å²) in [4.78, 5) is 4.48. The summed E-state index contributed by atoms with van der Waals surface area (Å²) in [5.41, 5.74) is 3.32. The van der Waals surface area contributed by atoms with Crippen molar-refractivity contribution in [2.45, 2.75) is 6.54 Å². The third kappa shape index (κ3) is 3.56. The van der Waals surface area contributed by atoms with Gasteiger partial charge in [0.05, 0.1) is 19.0 Å². The molecule has 118 valence electrons. The van der Waals surface area contributed by atoms with Crippen LogP contribution in [0.15, 0.2) is 59.2 Å². The molecule has 0 aliphatic carbocycles. The molecule has 0 fully saturated rings. The van der Waals surface area contributed by atoms with Crippen LogP contribution in [0.25, 0.3) is 11.3 Å². The molecule has 1 N–H and O–H groups in total. The van der Waals surface area contributed by atoms with E-state index in [2.05, 4.69) is 44.4 Å². The Kier molecular flexibility index (Phi) is 4.67. The van der Waals surface area contributed by atoms with Crippen molar-refractivity contribution < 1.29 is 4.74 Å². The van der Waals surface area contributed by atoms with Gasteiger partial charge in [0.2, 0.25) is 5.95 Å². The molecule has 0 aliphatic rings. The minimum Gasteiger partial charge on any atom is -0.497 e. The lowest BCUT2D eigenvalue weighted by molar-refractivity contribution is 0.415. The van der Waals surface area contributed by atoms with Crippen LogP contribution in [0.5, 0.6) is 5.75 Å². The largest absolute Gasteiger partial charge is 0.497 e. The summed E-state index contributed by atoms with van der Waals surface area (Å²) in [5, 5.41) is 3.37. The molecule has 0 saturated carbocycles. The molecule has 0 spiro atoms. The van der Waals surface area contributed by atoms with Crippen molar-refractivity contribution in [3.63, 3.8) is 0 Å². The molecule has 5 heteroatoms. The lowest BCUT2D eigenvalue weighted by Crippen LogP contribution is -2.05. The number of hydrogen-bond acceptors (Lipinski definition) is 3. The Hall–Kier alpha value is -2.27. The summed E-state index contributed by atoms with van der Waals surface area (Å²) in [6, 6.07) is 16.2. The van der Waals surface area contributed by atoms with Gasteiger partial charge in [0.25, 0.3) is 0 Å². The van der Waals surface area contributed by atoms with E-state index >= 15 is 0 Å². The number of nitrogens with zero attached hydrogens (tertiary/aromatic N) is 2. The maximum atomic E-state index is 5.29. The molecule has 0 radical (unpaired) electrons. The number of imidazole rings is 1. The fourth-order valence-corrected chi connectivity index (χ4v) is 2.90. The summed E-state index contributed by atoms with van der Waals surface area (Å²) in [7, 11) is 3.68. The van der Waals surface area contributed by atoms with Crippen LogP contribution >= 0.6 is 15.9 Å². The zero-order valence-electron chi connectivity index (χ0n) is 13.1. The molecule has 0 bridgehead atoms. The minimum atomic E-state index is 0.724. The van der Waals surface area contributed by atoms with Gasteiger partial charge in [-0.25, -0.2) is 4.98 Å². The monoisotopic (exact) mass is 371 g/mol. The van der Waals surface area contributed by atoms with Crippen LogP contribution in [0, 0.1) is 0 Å². The molecule has 2 aromatic carbocycles. The average molecular weight is 372 g/mol. The van der Waals surface area contributed by atoms with Crippen LogP contribution in [0.4, 0.5) is 5.95 Å². The third-order valence-corrected chi connectivity index (χ3v) is 4.19. The summed E-state index contributed by atoms with van der Waals surface area (Å²) in [6.07, 6.45) is 1.87. The summed E-state index contributed by atoms with van der Waals surface area (Å²) in [5.74, 6) is 1.68. The van der Waals surface area contributed by atoms with Gasteiger partial charge >= 0.3 is 0 Å². The summed E-state index contributed by atoms with van der Waals surface area (Å²) >= 11 is 3.49. The average Bonchev–Trinajstić information content (AvgIpc) is 2.94. The number of methoxy groups -OCH3 is 1. The van der Waals surface area contributed by atoms with E-state index in [-0.39, 0.29) is 0 Å². The molecule has 0 atom stereocenters. The molecular formula is C18H18BrN3O. The Morgan fingerprint density at radius 2 is 2.00 bits per heavy atom. The van der Waals surface area contributed by atoms with Crippen molar-refractivity contribution in [2.75, 3.05) is 12.4 Å². The van der Waals surface area contributed by atoms with Gasteiger partial charge < -0.3 is 14.6 Å². The van der Waals surface area contributed by atoms with Crippen LogP contribution in [0.2, 0.25) is 0 Å². The summed E-state index contributed by atoms with van der Waals surface area (Å²) < 4.78 is 8.42. The molecule has 0 amide bonds. The van der Waals surface area contributed by atoms with Gasteiger partial charge in [0.1, 0.15) is 5.75 Å². The van der Waals surface area contributed by atoms with Crippen LogP contribution in [0.1, 0.15) is 5.56 Å². The van der Waals surface area contributed by atoms with Gasteiger partial charge in [0, 0.05) is 23.6 Å². The zero-order valence-corrected chi connectivity index (χ0v) is 14.7. The Balaban J connectivity index is 1.79. The standard InChI is InChI=1S/C18H18BrN3O/c1-22-17(14-6-4-8-16(10-14)23-2)12-21-18(22)20-11-13-5-3-7-15(19)9-13/h3-10,12H,11H2,1-2H3,(H,20,21). The van der Waals surface area contributed by atoms with Gasteiger partial charge in [-0.15, -0.1) is 0 Å². The third-order valence-electron chi connectivity index (χ3n) is 3.69. The Morgan fingerprint density at radius 3 is 2.78 bits per heavy atom. The van der Waals surface area contributed by atoms with Gasteiger partial charge in [-0.1, -0.05) is 40.2 Å². The Labute approximate surface area is 144 Å². The number of nitrogens with one attached hydrogen (secondary N) is 1. The van der Waals surface area contributed by atoms with E-state index < -0.39 is 0 Å². The number of anilines is 1. The fourth-order valence-electron chi connectivity index (χ4n) is 2.45. The SMILES string of the molecule is COc1cccc(-c2cnc(NCc3cccc(Br)c3)n2C)c1. The maximum Gasteiger partial charge on any atom is 0.203 e. The van der Waals surface area contributed by atoms with Crippen molar-refractivity contribution >= 4 is 21.9 Å². The second kappa shape index (κ2) is 6.87. The molecule has 3 rings (SSSR count). The highest BCUT2D eigenvalue weighted by Gasteiger charge is 2.09. The highest BCUT2D eigenvalue weighted by atomic mass is 79.9. The molecule has 0 unspecified atom stereocenters. The number of aromatic nitrogens is 2. The first-order valence-electron chi connectivity index (χ1n) is 7.32. The molecule has 1 aromatic heterocycles. The van der Waals surface area contributed by atoms with Gasteiger partial charge in [-0.2, -0.15) is 0 Å². The first-order chi connectivity index (χ1) is 11.2. The highest BCUT2D eigenvalue weighted by Crippen LogP contribution is 2.25. The number of benzene rings is 2. The lowest BCUT2D eigenvalue weighted by atomic mass is 10.1. The van der Waals surface area contributed by atoms with Crippen molar-refractivity contribution in [1.82, 2.24) is 9.55 Å². The van der Waals surface area contributed by atoms with Crippen molar-refractivity contribution in [2.24, 2.45) is 7.05 Å². The van der Waals surface area contributed by atoms with E-state index in [0.29, 0.717) is 0 Å². The second-order valence-corrected chi connectivity index (χ2v) is 6.16. The van der Waals surface area contributed by atoms with Crippen LogP contribution in [-0.2, 0) is 13.6 Å². The molecule has 4 nitrogen and oxygen atoms in total. The molecule has 3 aromatic rings. The van der Waals surface area contributed by atoms with Gasteiger partial charge in [-0.3, -0.25) is 0 Å².